The largest absolute Gasteiger partial charge is 0.364 e. The molecule has 1 aromatic carbocycles. The average molecular weight is 303 g/mol. The predicted octanol–water partition coefficient (Wildman–Crippen LogP) is 3.19. The second-order valence-corrected chi connectivity index (χ2v) is 6.46. The van der Waals surface area contributed by atoms with Crippen LogP contribution < -0.4 is 4.90 Å². The highest BCUT2D eigenvalue weighted by molar-refractivity contribution is 5.92. The first-order valence-corrected chi connectivity index (χ1v) is 7.84. The summed E-state index contributed by atoms with van der Waals surface area (Å²) in [5.41, 5.74) is 1.18. The number of benzene rings is 1. The number of rotatable bonds is 1. The van der Waals surface area contributed by atoms with Gasteiger partial charge in [0.1, 0.15) is 11.3 Å². The summed E-state index contributed by atoms with van der Waals surface area (Å²) in [5.74, 6) is -1.13. The zero-order chi connectivity index (χ0) is 15.3. The van der Waals surface area contributed by atoms with Crippen molar-refractivity contribution in [2.45, 2.75) is 31.3 Å². The van der Waals surface area contributed by atoms with Crippen LogP contribution >= 0.6 is 0 Å². The number of likely N-dealkylation sites (tertiary alicyclic amines) is 1. The number of halogens is 2. The Bertz CT molecular complexity index is 718. The van der Waals surface area contributed by atoms with Crippen molar-refractivity contribution in [2.75, 3.05) is 25.0 Å². The Labute approximate surface area is 128 Å². The Balaban J connectivity index is 1.87. The Hall–Kier alpha value is -1.75. The molecule has 116 valence electrons. The zero-order valence-electron chi connectivity index (χ0n) is 12.6. The third-order valence-electron chi connectivity index (χ3n) is 5.00. The molecule has 3 nitrogen and oxygen atoms in total. The van der Waals surface area contributed by atoms with Crippen molar-refractivity contribution < 1.29 is 8.78 Å². The molecule has 2 atom stereocenters. The smallest absolute Gasteiger partial charge is 0.152 e. The normalized spacial score (nSPS) is 25.7. The second kappa shape index (κ2) is 5.16. The van der Waals surface area contributed by atoms with Crippen molar-refractivity contribution in [2.24, 2.45) is 0 Å². The summed E-state index contributed by atoms with van der Waals surface area (Å²) in [6.45, 7) is 2.07. The van der Waals surface area contributed by atoms with E-state index in [2.05, 4.69) is 21.8 Å². The highest BCUT2D eigenvalue weighted by Crippen LogP contribution is 2.38. The molecule has 0 amide bonds. The summed E-state index contributed by atoms with van der Waals surface area (Å²) >= 11 is 0. The second-order valence-electron chi connectivity index (χ2n) is 6.46. The lowest BCUT2D eigenvalue weighted by Gasteiger charge is -2.31. The lowest BCUT2D eigenvalue weighted by atomic mass is 10.1. The van der Waals surface area contributed by atoms with Crippen molar-refractivity contribution in [1.82, 2.24) is 9.88 Å². The molecule has 0 unspecified atom stereocenters. The molecular weight excluding hydrogens is 284 g/mol. The fourth-order valence-electron chi connectivity index (χ4n) is 4.03. The number of aromatic nitrogens is 1. The van der Waals surface area contributed by atoms with Crippen LogP contribution in [0.2, 0.25) is 0 Å². The number of anilines is 1. The SMILES string of the molecule is CN1CC[C@H]2CC[C@@H](C1)N2c1ccnc2c(F)cc(F)cc12. The fraction of sp³-hybridized carbons (Fsp3) is 0.471. The van der Waals surface area contributed by atoms with Gasteiger partial charge in [-0.15, -0.1) is 0 Å². The van der Waals surface area contributed by atoms with E-state index in [9.17, 15) is 8.78 Å². The van der Waals surface area contributed by atoms with Crippen LogP contribution in [0, 0.1) is 11.6 Å². The quantitative estimate of drug-likeness (QED) is 0.806. The summed E-state index contributed by atoms with van der Waals surface area (Å²) in [7, 11) is 2.14. The summed E-state index contributed by atoms with van der Waals surface area (Å²) in [6, 6.07) is 5.08. The zero-order valence-corrected chi connectivity index (χ0v) is 12.6. The number of fused-ring (bicyclic) bond motifs is 3. The van der Waals surface area contributed by atoms with Gasteiger partial charge in [-0.3, -0.25) is 4.98 Å². The van der Waals surface area contributed by atoms with Crippen LogP contribution in [0.1, 0.15) is 19.3 Å². The predicted molar refractivity (Wildman–Crippen MR) is 83.1 cm³/mol. The topological polar surface area (TPSA) is 19.4 Å². The Kier molecular flexibility index (Phi) is 3.26. The Morgan fingerprint density at radius 1 is 1.14 bits per heavy atom. The van der Waals surface area contributed by atoms with Crippen LogP contribution in [-0.2, 0) is 0 Å². The summed E-state index contributed by atoms with van der Waals surface area (Å²) in [6.07, 6.45) is 5.01. The highest BCUT2D eigenvalue weighted by Gasteiger charge is 2.37. The van der Waals surface area contributed by atoms with Crippen LogP contribution in [0.15, 0.2) is 24.4 Å². The minimum atomic E-state index is -0.587. The number of likely N-dealkylation sites (N-methyl/N-ethyl adjacent to an activating group) is 1. The van der Waals surface area contributed by atoms with Crippen molar-refractivity contribution in [3.8, 4) is 0 Å². The molecule has 3 heterocycles. The monoisotopic (exact) mass is 303 g/mol. The van der Waals surface area contributed by atoms with Gasteiger partial charge in [0.05, 0.1) is 0 Å². The van der Waals surface area contributed by atoms with Crippen molar-refractivity contribution in [3.05, 3.63) is 36.0 Å². The van der Waals surface area contributed by atoms with Crippen LogP contribution in [0.5, 0.6) is 0 Å². The first-order chi connectivity index (χ1) is 10.6. The number of hydrogen-bond donors (Lipinski definition) is 0. The van der Waals surface area contributed by atoms with Gasteiger partial charge < -0.3 is 9.80 Å². The van der Waals surface area contributed by atoms with Crippen molar-refractivity contribution >= 4 is 16.6 Å². The number of hydrogen-bond acceptors (Lipinski definition) is 3. The molecule has 2 aliphatic heterocycles. The molecule has 4 rings (SSSR count). The maximum atomic E-state index is 14.0. The maximum absolute atomic E-state index is 14.0. The lowest BCUT2D eigenvalue weighted by Crippen LogP contribution is -2.38. The van der Waals surface area contributed by atoms with E-state index in [0.717, 1.165) is 44.1 Å². The van der Waals surface area contributed by atoms with Gasteiger partial charge in [0.25, 0.3) is 0 Å². The number of pyridine rings is 1. The average Bonchev–Trinajstić information content (AvgIpc) is 2.78. The van der Waals surface area contributed by atoms with E-state index in [-0.39, 0.29) is 5.52 Å². The van der Waals surface area contributed by atoms with E-state index < -0.39 is 11.6 Å². The third kappa shape index (κ3) is 2.15. The van der Waals surface area contributed by atoms with E-state index in [1.165, 1.54) is 6.07 Å². The van der Waals surface area contributed by atoms with E-state index in [0.29, 0.717) is 17.5 Å². The molecule has 2 aliphatic rings. The fourth-order valence-corrected chi connectivity index (χ4v) is 4.03. The van der Waals surface area contributed by atoms with Gasteiger partial charge in [0.2, 0.25) is 0 Å². The van der Waals surface area contributed by atoms with Gasteiger partial charge in [-0.25, -0.2) is 8.78 Å². The lowest BCUT2D eigenvalue weighted by molar-refractivity contribution is 0.315. The summed E-state index contributed by atoms with van der Waals surface area (Å²) in [5, 5.41) is 0.585. The molecule has 22 heavy (non-hydrogen) atoms. The summed E-state index contributed by atoms with van der Waals surface area (Å²) in [4.78, 5) is 8.84. The first-order valence-electron chi connectivity index (χ1n) is 7.84. The third-order valence-corrected chi connectivity index (χ3v) is 5.00. The minimum Gasteiger partial charge on any atom is -0.364 e. The molecule has 2 bridgehead atoms. The van der Waals surface area contributed by atoms with E-state index >= 15 is 0 Å². The highest BCUT2D eigenvalue weighted by atomic mass is 19.1. The molecular formula is C17H19F2N3. The maximum Gasteiger partial charge on any atom is 0.152 e. The van der Waals surface area contributed by atoms with Gasteiger partial charge in [-0.2, -0.15) is 0 Å². The molecule has 0 saturated carbocycles. The standard InChI is InChI=1S/C17H19F2N3/c1-21-7-5-12-2-3-13(10-21)22(12)16-4-6-20-17-14(16)8-11(18)9-15(17)19/h4,6,8-9,12-13H,2-3,5,7,10H2,1H3/t12-,13+/m1/s1. The Morgan fingerprint density at radius 2 is 1.95 bits per heavy atom. The molecule has 2 fully saturated rings. The van der Waals surface area contributed by atoms with Gasteiger partial charge in [0, 0.05) is 42.0 Å². The molecule has 0 radical (unpaired) electrons. The van der Waals surface area contributed by atoms with Crippen LogP contribution in [0.25, 0.3) is 10.9 Å². The first kappa shape index (κ1) is 13.9. The van der Waals surface area contributed by atoms with Crippen molar-refractivity contribution in [1.29, 1.82) is 0 Å². The van der Waals surface area contributed by atoms with Gasteiger partial charge in [0.15, 0.2) is 5.82 Å². The van der Waals surface area contributed by atoms with Gasteiger partial charge >= 0.3 is 0 Å². The summed E-state index contributed by atoms with van der Waals surface area (Å²) < 4.78 is 27.7. The van der Waals surface area contributed by atoms with Crippen LogP contribution in [0.4, 0.5) is 14.5 Å². The van der Waals surface area contributed by atoms with Crippen molar-refractivity contribution in [3.63, 3.8) is 0 Å². The number of nitrogens with zero attached hydrogens (tertiary/aromatic N) is 3. The molecule has 2 aromatic rings. The van der Waals surface area contributed by atoms with Crippen LogP contribution in [0.3, 0.4) is 0 Å². The molecule has 2 saturated heterocycles. The van der Waals surface area contributed by atoms with Crippen LogP contribution in [-0.4, -0.2) is 42.1 Å². The van der Waals surface area contributed by atoms with E-state index in [4.69, 9.17) is 0 Å². The molecule has 0 N–H and O–H groups in total. The van der Waals surface area contributed by atoms with E-state index in [1.54, 1.807) is 6.20 Å². The molecule has 0 spiro atoms. The molecule has 0 aliphatic carbocycles. The van der Waals surface area contributed by atoms with E-state index in [1.807, 2.05) is 6.07 Å². The van der Waals surface area contributed by atoms with Gasteiger partial charge in [-0.1, -0.05) is 0 Å². The Morgan fingerprint density at radius 3 is 2.82 bits per heavy atom. The van der Waals surface area contributed by atoms with Gasteiger partial charge in [-0.05, 0) is 45.0 Å². The minimum absolute atomic E-state index is 0.260. The molecule has 1 aromatic heterocycles. The molecule has 5 heteroatoms.